The molecule has 0 aromatic heterocycles. The Labute approximate surface area is 125 Å². The van der Waals surface area contributed by atoms with Gasteiger partial charge in [-0.2, -0.15) is 5.26 Å². The van der Waals surface area contributed by atoms with Gasteiger partial charge in [0.05, 0.1) is 17.7 Å². The lowest BCUT2D eigenvalue weighted by atomic mass is 9.87. The van der Waals surface area contributed by atoms with Gasteiger partial charge in [-0.25, -0.2) is 0 Å². The quantitative estimate of drug-likeness (QED) is 0.931. The number of hydrogen-bond acceptors (Lipinski definition) is 3. The van der Waals surface area contributed by atoms with Crippen LogP contribution in [0.2, 0.25) is 0 Å². The van der Waals surface area contributed by atoms with Gasteiger partial charge < -0.3 is 9.84 Å². The summed E-state index contributed by atoms with van der Waals surface area (Å²) in [6.45, 7) is 5.64. The molecule has 1 atom stereocenters. The lowest BCUT2D eigenvalue weighted by molar-refractivity contribution is 0.102. The molecule has 2 aromatic carbocycles. The Bertz CT molecular complexity index is 669. The predicted octanol–water partition coefficient (Wildman–Crippen LogP) is 3.60. The molecule has 2 rings (SSSR count). The van der Waals surface area contributed by atoms with E-state index in [4.69, 9.17) is 10.00 Å². The van der Waals surface area contributed by atoms with Gasteiger partial charge in [0.1, 0.15) is 11.4 Å². The molecule has 0 bridgehead atoms. The molecule has 0 radical (unpaired) electrons. The first-order valence-electron chi connectivity index (χ1n) is 6.93. The van der Waals surface area contributed by atoms with Crippen molar-refractivity contribution in [2.24, 2.45) is 0 Å². The van der Waals surface area contributed by atoms with Crippen molar-refractivity contribution in [1.82, 2.24) is 0 Å². The molecule has 2 aromatic rings. The fourth-order valence-electron chi connectivity index (χ4n) is 2.20. The van der Waals surface area contributed by atoms with Gasteiger partial charge in [0, 0.05) is 0 Å². The van der Waals surface area contributed by atoms with E-state index in [0.717, 1.165) is 11.3 Å². The molecular formula is C18H19NO2. The molecule has 108 valence electrons. The lowest BCUT2D eigenvalue weighted by Gasteiger charge is -2.25. The zero-order valence-corrected chi connectivity index (χ0v) is 12.5. The average Bonchev–Trinajstić information content (AvgIpc) is 2.47. The molecule has 0 heterocycles. The molecule has 0 saturated carbocycles. The highest BCUT2D eigenvalue weighted by molar-refractivity contribution is 5.42. The fraction of sp³-hybridized carbons (Fsp3) is 0.278. The van der Waals surface area contributed by atoms with Crippen LogP contribution in [0.1, 0.15) is 37.5 Å². The topological polar surface area (TPSA) is 53.2 Å². The van der Waals surface area contributed by atoms with Crippen LogP contribution < -0.4 is 4.74 Å². The van der Waals surface area contributed by atoms with Gasteiger partial charge in [0.25, 0.3) is 0 Å². The molecule has 0 aliphatic rings. The first-order valence-corrected chi connectivity index (χ1v) is 6.93. The number of ether oxygens (including phenoxy) is 1. The number of nitriles is 1. The number of aliphatic hydroxyl groups is 1. The van der Waals surface area contributed by atoms with Gasteiger partial charge in [0.15, 0.2) is 0 Å². The van der Waals surface area contributed by atoms with Crippen molar-refractivity contribution in [2.75, 3.05) is 0 Å². The average molecular weight is 281 g/mol. The Morgan fingerprint density at radius 2 is 1.71 bits per heavy atom. The van der Waals surface area contributed by atoms with E-state index < -0.39 is 5.60 Å². The number of hydrogen-bond donors (Lipinski definition) is 1. The van der Waals surface area contributed by atoms with E-state index in [1.165, 1.54) is 0 Å². The number of benzene rings is 2. The summed E-state index contributed by atoms with van der Waals surface area (Å²) >= 11 is 0. The Morgan fingerprint density at radius 3 is 2.33 bits per heavy atom. The summed E-state index contributed by atoms with van der Waals surface area (Å²) in [5, 5.41) is 19.9. The maximum absolute atomic E-state index is 10.9. The fourth-order valence-corrected chi connectivity index (χ4v) is 2.20. The molecule has 0 aliphatic heterocycles. The van der Waals surface area contributed by atoms with Crippen molar-refractivity contribution in [2.45, 2.75) is 32.5 Å². The van der Waals surface area contributed by atoms with Crippen molar-refractivity contribution in [3.8, 4) is 11.8 Å². The summed E-state index contributed by atoms with van der Waals surface area (Å²) in [6, 6.07) is 16.5. The van der Waals surface area contributed by atoms with Gasteiger partial charge in [-0.15, -0.1) is 0 Å². The third-order valence-electron chi connectivity index (χ3n) is 3.32. The summed E-state index contributed by atoms with van der Waals surface area (Å²) in [7, 11) is 0. The predicted molar refractivity (Wildman–Crippen MR) is 82.0 cm³/mol. The van der Waals surface area contributed by atoms with Crippen molar-refractivity contribution < 1.29 is 9.84 Å². The summed E-state index contributed by atoms with van der Waals surface area (Å²) in [6.07, 6.45) is 0.0760. The van der Waals surface area contributed by atoms with Gasteiger partial charge in [0.2, 0.25) is 0 Å². The Balaban J connectivity index is 2.41. The first-order chi connectivity index (χ1) is 9.93. The second-order valence-corrected chi connectivity index (χ2v) is 5.46. The molecule has 0 aliphatic carbocycles. The number of rotatable bonds is 4. The standard InChI is InChI=1S/C18H19NO2/c1-13(2)21-17-9-5-8-16(11-17)18(3,20)15-7-4-6-14(10-15)12-19/h4-11,13,20H,1-3H3. The Hall–Kier alpha value is -2.31. The smallest absolute Gasteiger partial charge is 0.120 e. The van der Waals surface area contributed by atoms with Crippen LogP contribution in [0.4, 0.5) is 0 Å². The molecule has 1 unspecified atom stereocenters. The number of nitrogens with zero attached hydrogens (tertiary/aromatic N) is 1. The molecule has 3 nitrogen and oxygen atoms in total. The van der Waals surface area contributed by atoms with Gasteiger partial charge in [-0.1, -0.05) is 24.3 Å². The minimum absolute atomic E-state index is 0.0760. The zero-order chi connectivity index (χ0) is 15.5. The molecule has 21 heavy (non-hydrogen) atoms. The monoisotopic (exact) mass is 281 g/mol. The summed E-state index contributed by atoms with van der Waals surface area (Å²) in [5.74, 6) is 0.721. The zero-order valence-electron chi connectivity index (χ0n) is 12.5. The van der Waals surface area contributed by atoms with Crippen LogP contribution in [0.5, 0.6) is 5.75 Å². The Morgan fingerprint density at radius 1 is 1.10 bits per heavy atom. The first kappa shape index (κ1) is 15.1. The molecule has 0 spiro atoms. The van der Waals surface area contributed by atoms with Gasteiger partial charge in [-0.05, 0) is 56.2 Å². The van der Waals surface area contributed by atoms with Crippen LogP contribution in [-0.2, 0) is 5.60 Å². The van der Waals surface area contributed by atoms with Gasteiger partial charge >= 0.3 is 0 Å². The van der Waals surface area contributed by atoms with E-state index in [1.54, 1.807) is 25.1 Å². The SMILES string of the molecule is CC(C)Oc1cccc(C(C)(O)c2cccc(C#N)c2)c1. The van der Waals surface area contributed by atoms with Crippen molar-refractivity contribution in [3.05, 3.63) is 65.2 Å². The minimum Gasteiger partial charge on any atom is -0.491 e. The van der Waals surface area contributed by atoms with Crippen LogP contribution >= 0.6 is 0 Å². The highest BCUT2D eigenvalue weighted by Crippen LogP contribution is 2.31. The normalized spacial score (nSPS) is 13.5. The molecule has 0 amide bonds. The van der Waals surface area contributed by atoms with Crippen LogP contribution in [-0.4, -0.2) is 11.2 Å². The van der Waals surface area contributed by atoms with Crippen LogP contribution in [0.25, 0.3) is 0 Å². The highest BCUT2D eigenvalue weighted by atomic mass is 16.5. The Kier molecular flexibility index (Phi) is 4.30. The summed E-state index contributed by atoms with van der Waals surface area (Å²) < 4.78 is 5.67. The largest absolute Gasteiger partial charge is 0.491 e. The summed E-state index contributed by atoms with van der Waals surface area (Å²) in [5.41, 5.74) is 0.768. The van der Waals surface area contributed by atoms with Crippen molar-refractivity contribution in [3.63, 3.8) is 0 Å². The van der Waals surface area contributed by atoms with E-state index in [2.05, 4.69) is 6.07 Å². The maximum atomic E-state index is 10.9. The van der Waals surface area contributed by atoms with E-state index in [-0.39, 0.29) is 6.10 Å². The van der Waals surface area contributed by atoms with Crippen LogP contribution in [0.3, 0.4) is 0 Å². The van der Waals surface area contributed by atoms with E-state index in [1.807, 2.05) is 44.2 Å². The third kappa shape index (κ3) is 3.42. The molecule has 1 N–H and O–H groups in total. The maximum Gasteiger partial charge on any atom is 0.120 e. The van der Waals surface area contributed by atoms with Gasteiger partial charge in [-0.3, -0.25) is 0 Å². The third-order valence-corrected chi connectivity index (χ3v) is 3.32. The molecule has 0 saturated heterocycles. The van der Waals surface area contributed by atoms with Crippen molar-refractivity contribution >= 4 is 0 Å². The van der Waals surface area contributed by atoms with E-state index >= 15 is 0 Å². The highest BCUT2D eigenvalue weighted by Gasteiger charge is 2.26. The van der Waals surface area contributed by atoms with Crippen molar-refractivity contribution in [1.29, 1.82) is 5.26 Å². The van der Waals surface area contributed by atoms with E-state index in [0.29, 0.717) is 11.1 Å². The molecule has 0 fully saturated rings. The second kappa shape index (κ2) is 5.99. The van der Waals surface area contributed by atoms with Crippen LogP contribution in [0, 0.1) is 11.3 Å². The minimum atomic E-state index is -1.18. The molecular weight excluding hydrogens is 262 g/mol. The molecule has 3 heteroatoms. The van der Waals surface area contributed by atoms with Crippen LogP contribution in [0.15, 0.2) is 48.5 Å². The lowest BCUT2D eigenvalue weighted by Crippen LogP contribution is -2.23. The second-order valence-electron chi connectivity index (χ2n) is 5.46. The summed E-state index contributed by atoms with van der Waals surface area (Å²) in [4.78, 5) is 0. The van der Waals surface area contributed by atoms with E-state index in [9.17, 15) is 5.11 Å².